The Labute approximate surface area is 533 Å². The second-order valence-electron chi connectivity index (χ2n) is 26.8. The summed E-state index contributed by atoms with van der Waals surface area (Å²) in [5, 5.41) is 9.72. The van der Waals surface area contributed by atoms with Crippen LogP contribution in [0, 0.1) is 0 Å². The molecule has 0 aliphatic carbocycles. The van der Waals surface area contributed by atoms with Crippen LogP contribution in [0.1, 0.15) is 444 Å². The van der Waals surface area contributed by atoms with Crippen LogP contribution in [-0.4, -0.2) is 36.4 Å². The van der Waals surface area contributed by atoms with E-state index in [0.29, 0.717) is 12.8 Å². The average molecular weight is 1190 g/mol. The molecule has 0 amide bonds. The Kier molecular flexibility index (Phi) is 74.7. The molecule has 0 aliphatic rings. The van der Waals surface area contributed by atoms with Crippen molar-refractivity contribution in [3.8, 4) is 0 Å². The van der Waals surface area contributed by atoms with Gasteiger partial charge in [-0.05, 0) is 51.4 Å². The molecule has 0 saturated carbocycles. The number of allylic oxidation sites excluding steroid dienone is 6. The summed E-state index contributed by atoms with van der Waals surface area (Å²) in [6, 6.07) is 0. The second-order valence-corrected chi connectivity index (χ2v) is 26.8. The zero-order chi connectivity index (χ0) is 61.2. The molecule has 1 atom stereocenters. The maximum Gasteiger partial charge on any atom is 0.306 e. The van der Waals surface area contributed by atoms with Gasteiger partial charge in [-0.15, -0.1) is 0 Å². The maximum absolute atomic E-state index is 12.4. The molecule has 5 heteroatoms. The summed E-state index contributed by atoms with van der Waals surface area (Å²) < 4.78 is 10.8. The molecular weight excluding hydrogens is 1040 g/mol. The van der Waals surface area contributed by atoms with E-state index in [4.69, 9.17) is 9.47 Å². The first-order valence-electron chi connectivity index (χ1n) is 39.0. The molecule has 0 radical (unpaired) electrons. The Morgan fingerprint density at radius 1 is 0.271 bits per heavy atom. The van der Waals surface area contributed by atoms with Gasteiger partial charge in [0, 0.05) is 12.8 Å². The first-order chi connectivity index (χ1) is 42.1. The molecule has 0 saturated heterocycles. The Balaban J connectivity index is 3.36. The SMILES string of the molecule is CCCCCCC/C=C\C/C=C\C/C=C\CCCCCCCCCCCCCCCCCCCCCCCCCCCCC(=O)OC(CO)COC(=O)CCCCCCCCCCCCCCCCCCCCCCCCCCCCCCCC. The summed E-state index contributed by atoms with van der Waals surface area (Å²) in [4.78, 5) is 24.7. The van der Waals surface area contributed by atoms with Crippen molar-refractivity contribution in [1.29, 1.82) is 0 Å². The van der Waals surface area contributed by atoms with E-state index < -0.39 is 6.10 Å². The Bertz CT molecular complexity index is 1350. The number of esters is 2. The van der Waals surface area contributed by atoms with Crippen LogP contribution < -0.4 is 0 Å². The fourth-order valence-corrected chi connectivity index (χ4v) is 12.3. The van der Waals surface area contributed by atoms with E-state index >= 15 is 0 Å². The van der Waals surface area contributed by atoms with Crippen molar-refractivity contribution in [1.82, 2.24) is 0 Å². The zero-order valence-electron chi connectivity index (χ0n) is 57.9. The van der Waals surface area contributed by atoms with Crippen LogP contribution in [0.15, 0.2) is 36.5 Å². The highest BCUT2D eigenvalue weighted by Gasteiger charge is 2.16. The molecule has 0 bridgehead atoms. The van der Waals surface area contributed by atoms with Gasteiger partial charge >= 0.3 is 11.9 Å². The lowest BCUT2D eigenvalue weighted by atomic mass is 10.0. The molecule has 0 rings (SSSR count). The third-order valence-electron chi connectivity index (χ3n) is 18.2. The van der Waals surface area contributed by atoms with Gasteiger partial charge in [0.15, 0.2) is 6.10 Å². The Hall–Kier alpha value is -1.88. The van der Waals surface area contributed by atoms with E-state index in [9.17, 15) is 14.7 Å². The Morgan fingerprint density at radius 2 is 0.471 bits per heavy atom. The van der Waals surface area contributed by atoms with Gasteiger partial charge in [-0.1, -0.05) is 416 Å². The topological polar surface area (TPSA) is 72.8 Å². The first-order valence-corrected chi connectivity index (χ1v) is 39.0. The summed E-state index contributed by atoms with van der Waals surface area (Å²) in [7, 11) is 0. The van der Waals surface area contributed by atoms with Crippen molar-refractivity contribution in [2.24, 2.45) is 0 Å². The fourth-order valence-electron chi connectivity index (χ4n) is 12.3. The van der Waals surface area contributed by atoms with E-state index in [0.717, 1.165) is 44.9 Å². The number of unbranched alkanes of at least 4 members (excludes halogenated alkanes) is 60. The first kappa shape index (κ1) is 83.1. The number of ether oxygens (including phenoxy) is 2. The van der Waals surface area contributed by atoms with Gasteiger partial charge in [-0.25, -0.2) is 0 Å². The lowest BCUT2D eigenvalue weighted by Crippen LogP contribution is -2.28. The van der Waals surface area contributed by atoms with E-state index in [-0.39, 0.29) is 25.2 Å². The molecule has 5 nitrogen and oxygen atoms in total. The molecule has 85 heavy (non-hydrogen) atoms. The van der Waals surface area contributed by atoms with Gasteiger partial charge in [0.1, 0.15) is 6.61 Å². The number of carbonyl (C=O) groups excluding carboxylic acids is 2. The third kappa shape index (κ3) is 74.5. The highest BCUT2D eigenvalue weighted by atomic mass is 16.6. The van der Waals surface area contributed by atoms with Gasteiger partial charge in [-0.2, -0.15) is 0 Å². The number of hydrogen-bond donors (Lipinski definition) is 1. The van der Waals surface area contributed by atoms with E-state index in [2.05, 4.69) is 50.3 Å². The van der Waals surface area contributed by atoms with Crippen molar-refractivity contribution in [3.05, 3.63) is 36.5 Å². The standard InChI is InChI=1S/C80H152O5/c1-3-5-7-9-11-13-15-17-19-21-23-25-27-29-31-33-35-36-37-38-39-40-41-42-43-44-45-47-49-51-53-55-57-59-61-63-65-67-69-71-73-75-80(83)85-78(76-81)77-84-79(82)74-72-70-68-66-64-62-60-58-56-54-52-50-48-46-34-32-30-28-26-24-22-20-18-16-14-12-10-8-6-4-2/h15,17,21,23,27,29,78,81H,3-14,16,18-20,22,24-26,28,30-77H2,1-2H3/b17-15-,23-21-,29-27-. The quantitative estimate of drug-likeness (QED) is 0.0373. The highest BCUT2D eigenvalue weighted by molar-refractivity contribution is 5.70. The van der Waals surface area contributed by atoms with Crippen molar-refractivity contribution in [3.63, 3.8) is 0 Å². The molecule has 0 aliphatic heterocycles. The largest absolute Gasteiger partial charge is 0.462 e. The van der Waals surface area contributed by atoms with Crippen LogP contribution >= 0.6 is 0 Å². The van der Waals surface area contributed by atoms with E-state index in [1.165, 1.54) is 372 Å². The van der Waals surface area contributed by atoms with Crippen LogP contribution in [0.5, 0.6) is 0 Å². The van der Waals surface area contributed by atoms with E-state index in [1.54, 1.807) is 0 Å². The minimum Gasteiger partial charge on any atom is -0.462 e. The summed E-state index contributed by atoms with van der Waals surface area (Å²) >= 11 is 0. The summed E-state index contributed by atoms with van der Waals surface area (Å²) in [6.45, 7) is 4.20. The number of aliphatic hydroxyl groups is 1. The normalized spacial score (nSPS) is 12.3. The average Bonchev–Trinajstić information content (AvgIpc) is 3.52. The van der Waals surface area contributed by atoms with Crippen molar-refractivity contribution < 1.29 is 24.2 Å². The van der Waals surface area contributed by atoms with Crippen LogP contribution in [-0.2, 0) is 19.1 Å². The van der Waals surface area contributed by atoms with E-state index in [1.807, 2.05) is 0 Å². The van der Waals surface area contributed by atoms with Gasteiger partial charge in [-0.3, -0.25) is 9.59 Å². The smallest absolute Gasteiger partial charge is 0.306 e. The summed E-state index contributed by atoms with van der Waals surface area (Å²) in [5.74, 6) is -0.560. The van der Waals surface area contributed by atoms with Gasteiger partial charge in [0.05, 0.1) is 6.61 Å². The lowest BCUT2D eigenvalue weighted by Gasteiger charge is -2.15. The third-order valence-corrected chi connectivity index (χ3v) is 18.2. The fraction of sp³-hybridized carbons (Fsp3) is 0.900. The molecule has 0 fully saturated rings. The van der Waals surface area contributed by atoms with Crippen LogP contribution in [0.2, 0.25) is 0 Å². The zero-order valence-corrected chi connectivity index (χ0v) is 57.9. The summed E-state index contributed by atoms with van der Waals surface area (Å²) in [5.41, 5.74) is 0. The lowest BCUT2D eigenvalue weighted by molar-refractivity contribution is -0.161. The molecule has 1 N–H and O–H groups in total. The molecule has 0 spiro atoms. The molecule has 0 aromatic heterocycles. The van der Waals surface area contributed by atoms with Crippen molar-refractivity contribution in [2.75, 3.05) is 13.2 Å². The monoisotopic (exact) mass is 1190 g/mol. The molecule has 1 unspecified atom stereocenters. The maximum atomic E-state index is 12.4. The second kappa shape index (κ2) is 76.4. The summed E-state index contributed by atoms with van der Waals surface area (Å²) in [6.07, 6.45) is 102. The van der Waals surface area contributed by atoms with Crippen LogP contribution in [0.4, 0.5) is 0 Å². The Morgan fingerprint density at radius 3 is 0.706 bits per heavy atom. The van der Waals surface area contributed by atoms with Gasteiger partial charge in [0.25, 0.3) is 0 Å². The van der Waals surface area contributed by atoms with Crippen molar-refractivity contribution in [2.45, 2.75) is 450 Å². The highest BCUT2D eigenvalue weighted by Crippen LogP contribution is 2.20. The number of hydrogen-bond acceptors (Lipinski definition) is 5. The van der Waals surface area contributed by atoms with Crippen molar-refractivity contribution >= 4 is 11.9 Å². The minimum absolute atomic E-state index is 0.0574. The molecular formula is C80H152O5. The number of rotatable bonds is 74. The van der Waals surface area contributed by atoms with Gasteiger partial charge < -0.3 is 14.6 Å². The van der Waals surface area contributed by atoms with Crippen LogP contribution in [0.25, 0.3) is 0 Å². The number of aliphatic hydroxyl groups excluding tert-OH is 1. The molecule has 502 valence electrons. The molecule has 0 aromatic rings. The molecule has 0 aromatic carbocycles. The predicted molar refractivity (Wildman–Crippen MR) is 376 cm³/mol. The minimum atomic E-state index is -0.769. The van der Waals surface area contributed by atoms with Gasteiger partial charge in [0.2, 0.25) is 0 Å². The molecule has 0 heterocycles. The van der Waals surface area contributed by atoms with Crippen LogP contribution in [0.3, 0.4) is 0 Å². The number of carbonyl (C=O) groups is 2. The predicted octanol–water partition coefficient (Wildman–Crippen LogP) is 27.3.